The van der Waals surface area contributed by atoms with Crippen LogP contribution in [0.2, 0.25) is 0 Å². The summed E-state index contributed by atoms with van der Waals surface area (Å²) in [6, 6.07) is 5.03. The average molecular weight is 276 g/mol. The minimum absolute atomic E-state index is 0.310. The monoisotopic (exact) mass is 276 g/mol. The van der Waals surface area contributed by atoms with Gasteiger partial charge in [-0.15, -0.1) is 0 Å². The van der Waals surface area contributed by atoms with Crippen LogP contribution in [0, 0.1) is 17.1 Å². The maximum atomic E-state index is 13.5. The van der Waals surface area contributed by atoms with E-state index in [1.54, 1.807) is 0 Å². The summed E-state index contributed by atoms with van der Waals surface area (Å²) in [6.45, 7) is 1.79. The third-order valence-corrected chi connectivity index (χ3v) is 4.40. The molecule has 0 amide bonds. The molecule has 1 aromatic rings. The Bertz CT molecular complexity index is 537. The van der Waals surface area contributed by atoms with Crippen molar-refractivity contribution in [3.05, 3.63) is 29.8 Å². The van der Waals surface area contributed by atoms with Gasteiger partial charge in [0.1, 0.15) is 5.82 Å². The van der Waals surface area contributed by atoms with Gasteiger partial charge in [-0.3, -0.25) is 4.98 Å². The van der Waals surface area contributed by atoms with Crippen molar-refractivity contribution in [3.63, 3.8) is 0 Å². The van der Waals surface area contributed by atoms with E-state index in [1.165, 1.54) is 18.3 Å². The predicted octanol–water partition coefficient (Wildman–Crippen LogP) is 2.34. The molecule has 0 radical (unpaired) electrons. The van der Waals surface area contributed by atoms with Crippen molar-refractivity contribution in [2.75, 3.05) is 19.8 Å². The summed E-state index contributed by atoms with van der Waals surface area (Å²) >= 11 is 0. The SMILES string of the molecule is N#CC[C@]1(c2cc(F)ccn2)CCO[C@]2(CCOC2)C1. The largest absolute Gasteiger partial charge is 0.378 e. The Morgan fingerprint density at radius 3 is 3.00 bits per heavy atom. The molecule has 0 N–H and O–H groups in total. The first-order valence-electron chi connectivity index (χ1n) is 6.89. The van der Waals surface area contributed by atoms with Crippen molar-refractivity contribution >= 4 is 0 Å². The number of nitrogens with zero attached hydrogens (tertiary/aromatic N) is 2. The number of rotatable bonds is 2. The van der Waals surface area contributed by atoms with Gasteiger partial charge in [0.25, 0.3) is 0 Å². The fourth-order valence-electron chi connectivity index (χ4n) is 3.37. The molecule has 1 spiro atoms. The summed E-state index contributed by atoms with van der Waals surface area (Å²) in [7, 11) is 0. The molecule has 0 saturated carbocycles. The molecule has 0 bridgehead atoms. The van der Waals surface area contributed by atoms with Crippen LogP contribution in [-0.2, 0) is 14.9 Å². The molecule has 3 heterocycles. The lowest BCUT2D eigenvalue weighted by atomic mass is 9.68. The molecular formula is C15H17FN2O2. The Balaban J connectivity index is 1.97. The van der Waals surface area contributed by atoms with Crippen LogP contribution in [0.25, 0.3) is 0 Å². The number of ether oxygens (including phenoxy) is 2. The predicted molar refractivity (Wildman–Crippen MR) is 69.5 cm³/mol. The zero-order valence-electron chi connectivity index (χ0n) is 11.3. The van der Waals surface area contributed by atoms with Gasteiger partial charge < -0.3 is 9.47 Å². The third kappa shape index (κ3) is 2.30. The maximum absolute atomic E-state index is 13.5. The molecule has 0 unspecified atom stereocenters. The molecule has 20 heavy (non-hydrogen) atoms. The normalized spacial score (nSPS) is 33.2. The van der Waals surface area contributed by atoms with E-state index < -0.39 is 5.41 Å². The van der Waals surface area contributed by atoms with Gasteiger partial charge in [0.2, 0.25) is 0 Å². The van der Waals surface area contributed by atoms with Crippen LogP contribution in [0.3, 0.4) is 0 Å². The lowest BCUT2D eigenvalue weighted by molar-refractivity contribution is -0.107. The van der Waals surface area contributed by atoms with Crippen LogP contribution in [0.15, 0.2) is 18.3 Å². The fourth-order valence-corrected chi connectivity index (χ4v) is 3.37. The minimum atomic E-state index is -0.428. The van der Waals surface area contributed by atoms with Crippen molar-refractivity contribution in [3.8, 4) is 6.07 Å². The van der Waals surface area contributed by atoms with Crippen LogP contribution in [0.5, 0.6) is 0 Å². The van der Waals surface area contributed by atoms with E-state index in [2.05, 4.69) is 11.1 Å². The molecule has 4 nitrogen and oxygen atoms in total. The minimum Gasteiger partial charge on any atom is -0.378 e. The van der Waals surface area contributed by atoms with Gasteiger partial charge in [-0.05, 0) is 25.0 Å². The molecule has 2 fully saturated rings. The second kappa shape index (κ2) is 5.12. The highest BCUT2D eigenvalue weighted by Crippen LogP contribution is 2.46. The van der Waals surface area contributed by atoms with Crippen molar-refractivity contribution in [2.24, 2.45) is 0 Å². The molecule has 0 aromatic carbocycles. The Hall–Kier alpha value is -1.51. The fraction of sp³-hybridized carbons (Fsp3) is 0.600. The van der Waals surface area contributed by atoms with Gasteiger partial charge in [0.05, 0.1) is 24.0 Å². The summed E-state index contributed by atoms with van der Waals surface area (Å²) in [6.07, 6.45) is 3.99. The molecular weight excluding hydrogens is 259 g/mol. The maximum Gasteiger partial charge on any atom is 0.126 e. The number of nitriles is 1. The molecule has 0 aliphatic carbocycles. The van der Waals surface area contributed by atoms with E-state index in [9.17, 15) is 9.65 Å². The summed E-state index contributed by atoms with van der Waals surface area (Å²) in [5, 5.41) is 9.20. The summed E-state index contributed by atoms with van der Waals surface area (Å²) < 4.78 is 24.9. The zero-order valence-corrected chi connectivity index (χ0v) is 11.3. The Morgan fingerprint density at radius 1 is 1.40 bits per heavy atom. The van der Waals surface area contributed by atoms with Gasteiger partial charge in [-0.2, -0.15) is 5.26 Å². The van der Waals surface area contributed by atoms with Crippen molar-refractivity contribution in [2.45, 2.75) is 36.7 Å². The molecule has 5 heteroatoms. The number of hydrogen-bond acceptors (Lipinski definition) is 4. The van der Waals surface area contributed by atoms with E-state index in [0.29, 0.717) is 44.8 Å². The Kier molecular flexibility index (Phi) is 3.45. The van der Waals surface area contributed by atoms with E-state index in [1.807, 2.05) is 0 Å². The number of hydrogen-bond donors (Lipinski definition) is 0. The van der Waals surface area contributed by atoms with E-state index in [-0.39, 0.29) is 11.4 Å². The van der Waals surface area contributed by atoms with Gasteiger partial charge in [0, 0.05) is 37.7 Å². The second-order valence-corrected chi connectivity index (χ2v) is 5.74. The number of halogens is 1. The quantitative estimate of drug-likeness (QED) is 0.832. The lowest BCUT2D eigenvalue weighted by Gasteiger charge is -2.44. The zero-order chi connectivity index (χ0) is 14.1. The van der Waals surface area contributed by atoms with Crippen LogP contribution in [-0.4, -0.2) is 30.4 Å². The lowest BCUT2D eigenvalue weighted by Crippen LogP contribution is -2.48. The second-order valence-electron chi connectivity index (χ2n) is 5.74. The highest BCUT2D eigenvalue weighted by Gasteiger charge is 2.49. The molecule has 3 rings (SSSR count). The van der Waals surface area contributed by atoms with Crippen molar-refractivity contribution in [1.82, 2.24) is 4.98 Å². The molecule has 106 valence electrons. The van der Waals surface area contributed by atoms with Crippen LogP contribution >= 0.6 is 0 Å². The van der Waals surface area contributed by atoms with Gasteiger partial charge >= 0.3 is 0 Å². The molecule has 2 aliphatic rings. The van der Waals surface area contributed by atoms with Gasteiger partial charge in [-0.1, -0.05) is 0 Å². The topological polar surface area (TPSA) is 55.1 Å². The van der Waals surface area contributed by atoms with Gasteiger partial charge in [-0.25, -0.2) is 4.39 Å². The molecule has 2 atom stereocenters. The first kappa shape index (κ1) is 13.5. The van der Waals surface area contributed by atoms with E-state index in [4.69, 9.17) is 9.47 Å². The Labute approximate surface area is 117 Å². The van der Waals surface area contributed by atoms with E-state index >= 15 is 0 Å². The third-order valence-electron chi connectivity index (χ3n) is 4.40. The summed E-state index contributed by atoms with van der Waals surface area (Å²) in [4.78, 5) is 4.32. The summed E-state index contributed by atoms with van der Waals surface area (Å²) in [5.74, 6) is -0.310. The Morgan fingerprint density at radius 2 is 2.30 bits per heavy atom. The smallest absolute Gasteiger partial charge is 0.126 e. The molecule has 2 aliphatic heterocycles. The highest BCUT2D eigenvalue weighted by molar-refractivity contribution is 5.23. The molecule has 1 aromatic heterocycles. The summed E-state index contributed by atoms with van der Waals surface area (Å²) in [5.41, 5.74) is -0.0973. The highest BCUT2D eigenvalue weighted by atomic mass is 19.1. The standard InChI is InChI=1S/C15H17FN2O2/c16-12-1-6-18-13(9-12)14(2-5-17)3-8-20-15(10-14)4-7-19-11-15/h1,6,9H,2-4,7-8,10-11H2/t14-,15+/m0/s1. The van der Waals surface area contributed by atoms with Crippen LogP contribution in [0.4, 0.5) is 4.39 Å². The number of aromatic nitrogens is 1. The van der Waals surface area contributed by atoms with Crippen LogP contribution in [0.1, 0.15) is 31.4 Å². The van der Waals surface area contributed by atoms with Crippen molar-refractivity contribution in [1.29, 1.82) is 5.26 Å². The molecule has 2 saturated heterocycles. The first-order valence-corrected chi connectivity index (χ1v) is 6.89. The first-order chi connectivity index (χ1) is 9.68. The van der Waals surface area contributed by atoms with E-state index in [0.717, 1.165) is 6.42 Å². The van der Waals surface area contributed by atoms with Crippen LogP contribution < -0.4 is 0 Å². The number of pyridine rings is 1. The average Bonchev–Trinajstić information content (AvgIpc) is 2.87. The van der Waals surface area contributed by atoms with Gasteiger partial charge in [0.15, 0.2) is 0 Å². The van der Waals surface area contributed by atoms with Crippen molar-refractivity contribution < 1.29 is 13.9 Å².